The molecule has 4 aromatic carbocycles. The summed E-state index contributed by atoms with van der Waals surface area (Å²) in [7, 11) is 0. The number of hydrogen-bond donors (Lipinski definition) is 0. The highest BCUT2D eigenvalue weighted by molar-refractivity contribution is 5.84. The van der Waals surface area contributed by atoms with E-state index in [-0.39, 0.29) is 22.8 Å². The molecule has 0 aliphatic rings. The van der Waals surface area contributed by atoms with Gasteiger partial charge in [-0.2, -0.15) is 0 Å². The van der Waals surface area contributed by atoms with E-state index >= 15 is 0 Å². The van der Waals surface area contributed by atoms with Crippen molar-refractivity contribution in [2.45, 2.75) is 32.6 Å². The third-order valence-electron chi connectivity index (χ3n) is 5.98. The maximum absolute atomic E-state index is 14.5. The van der Waals surface area contributed by atoms with Crippen molar-refractivity contribution < 1.29 is 22.0 Å². The molecule has 5 heteroatoms. The first-order chi connectivity index (χ1) is 17.4. The minimum Gasteiger partial charge on any atom is -0.207 e. The van der Waals surface area contributed by atoms with Crippen LogP contribution >= 0.6 is 0 Å². The third kappa shape index (κ3) is 5.83. The summed E-state index contributed by atoms with van der Waals surface area (Å²) in [4.78, 5) is 0. The van der Waals surface area contributed by atoms with Crippen LogP contribution in [-0.4, -0.2) is 0 Å². The Kier molecular flexibility index (Phi) is 7.85. The van der Waals surface area contributed by atoms with Gasteiger partial charge in [-0.25, -0.2) is 22.0 Å². The number of benzene rings is 4. The lowest BCUT2D eigenvalue weighted by atomic mass is 9.99. The van der Waals surface area contributed by atoms with Gasteiger partial charge in [0.1, 0.15) is 11.6 Å². The first-order valence-electron chi connectivity index (χ1n) is 11.6. The van der Waals surface area contributed by atoms with E-state index < -0.39 is 29.1 Å². The van der Waals surface area contributed by atoms with Gasteiger partial charge in [-0.15, -0.1) is 0 Å². The zero-order valence-electron chi connectivity index (χ0n) is 19.6. The number of halogens is 5. The molecule has 0 aromatic heterocycles. The van der Waals surface area contributed by atoms with E-state index in [9.17, 15) is 22.0 Å². The van der Waals surface area contributed by atoms with Gasteiger partial charge in [-0.1, -0.05) is 42.2 Å². The van der Waals surface area contributed by atoms with Crippen LogP contribution in [-0.2, 0) is 19.3 Å². The largest absolute Gasteiger partial charge is 0.207 e. The first kappa shape index (κ1) is 25.2. The van der Waals surface area contributed by atoms with E-state index in [1.54, 1.807) is 18.2 Å². The lowest BCUT2D eigenvalue weighted by Gasteiger charge is -2.08. The molecular formula is C31H23F5. The zero-order valence-corrected chi connectivity index (χ0v) is 19.6. The molecule has 0 spiro atoms. The Morgan fingerprint density at radius 1 is 0.639 bits per heavy atom. The lowest BCUT2D eigenvalue weighted by molar-refractivity contribution is 0.453. The molecule has 0 saturated carbocycles. The Morgan fingerprint density at radius 2 is 1.31 bits per heavy atom. The number of allylic oxidation sites excluding steroid dienone is 2. The van der Waals surface area contributed by atoms with Gasteiger partial charge in [0.25, 0.3) is 0 Å². The van der Waals surface area contributed by atoms with Crippen molar-refractivity contribution in [2.24, 2.45) is 0 Å². The Hall–Kier alpha value is -3.91. The second-order valence-corrected chi connectivity index (χ2v) is 8.51. The van der Waals surface area contributed by atoms with Gasteiger partial charge < -0.3 is 0 Å². The van der Waals surface area contributed by atoms with Gasteiger partial charge in [0.2, 0.25) is 0 Å². The second kappa shape index (κ2) is 11.2. The highest BCUT2D eigenvalue weighted by Crippen LogP contribution is 2.24. The summed E-state index contributed by atoms with van der Waals surface area (Å²) in [5.41, 5.74) is 2.87. The molecule has 0 amide bonds. The molecule has 0 aliphatic heterocycles. The molecule has 0 N–H and O–H groups in total. The molecule has 0 atom stereocenters. The standard InChI is InChI=1S/C31H23F5/c1-2-3-4-5-23-17-27(32)26(28(33)18-23)15-12-21-8-6-20(7-9-21)10-11-22-13-14-25-24(16-22)19-29(34)31(36)30(25)35/h2-3,6-9,13-14,16-19H,4-5,12,15H2,1H3/b3-2+. The van der Waals surface area contributed by atoms with E-state index in [2.05, 4.69) is 11.8 Å². The Bertz CT molecular complexity index is 1460. The predicted octanol–water partition coefficient (Wildman–Crippen LogP) is 8.23. The molecular weight excluding hydrogens is 467 g/mol. The first-order valence-corrected chi connectivity index (χ1v) is 11.6. The predicted molar refractivity (Wildman–Crippen MR) is 133 cm³/mol. The number of hydrogen-bond acceptors (Lipinski definition) is 0. The minimum absolute atomic E-state index is 0.0139. The van der Waals surface area contributed by atoms with E-state index in [1.807, 2.05) is 31.2 Å². The summed E-state index contributed by atoms with van der Waals surface area (Å²) in [6, 6.07) is 15.5. The third-order valence-corrected chi connectivity index (χ3v) is 5.98. The van der Waals surface area contributed by atoms with Crippen molar-refractivity contribution in [3.05, 3.63) is 130 Å². The molecule has 0 fully saturated rings. The molecule has 0 heterocycles. The fraction of sp³-hybridized carbons (Fsp3) is 0.161. The van der Waals surface area contributed by atoms with Crippen LogP contribution < -0.4 is 0 Å². The van der Waals surface area contributed by atoms with Crippen molar-refractivity contribution >= 4 is 10.8 Å². The van der Waals surface area contributed by atoms with Crippen molar-refractivity contribution in [2.75, 3.05) is 0 Å². The average Bonchev–Trinajstić information content (AvgIpc) is 2.86. The van der Waals surface area contributed by atoms with Gasteiger partial charge in [0.05, 0.1) is 0 Å². The summed E-state index contributed by atoms with van der Waals surface area (Å²) >= 11 is 0. The summed E-state index contributed by atoms with van der Waals surface area (Å²) < 4.78 is 69.8. The normalized spacial score (nSPS) is 11.2. The number of fused-ring (bicyclic) bond motifs is 1. The summed E-state index contributed by atoms with van der Waals surface area (Å²) in [5, 5.41) is 0.207. The summed E-state index contributed by atoms with van der Waals surface area (Å²) in [5.74, 6) is 0.894. The molecule has 4 aromatic rings. The quantitative estimate of drug-likeness (QED) is 0.111. The average molecular weight is 491 g/mol. The SMILES string of the molecule is C/C=C/CCc1cc(F)c(CCc2ccc(C#Cc3ccc4c(F)c(F)c(F)cc4c3)cc2)c(F)c1. The molecule has 4 rings (SSSR count). The smallest absolute Gasteiger partial charge is 0.195 e. The van der Waals surface area contributed by atoms with E-state index in [4.69, 9.17) is 0 Å². The van der Waals surface area contributed by atoms with Crippen LogP contribution in [0, 0.1) is 40.9 Å². The topological polar surface area (TPSA) is 0 Å². The second-order valence-electron chi connectivity index (χ2n) is 8.51. The summed E-state index contributed by atoms with van der Waals surface area (Å²) in [6.45, 7) is 1.91. The van der Waals surface area contributed by atoms with Crippen LogP contribution in [0.3, 0.4) is 0 Å². The molecule has 0 aliphatic carbocycles. The van der Waals surface area contributed by atoms with Crippen molar-refractivity contribution in [1.29, 1.82) is 0 Å². The molecule has 36 heavy (non-hydrogen) atoms. The molecule has 0 radical (unpaired) electrons. The van der Waals surface area contributed by atoms with Crippen LogP contribution in [0.25, 0.3) is 10.8 Å². The number of aryl methyl sites for hydroxylation is 2. The van der Waals surface area contributed by atoms with Gasteiger partial charge in [0.15, 0.2) is 17.5 Å². The Labute approximate surface area is 207 Å². The molecule has 0 bridgehead atoms. The molecule has 182 valence electrons. The fourth-order valence-electron chi connectivity index (χ4n) is 4.01. The van der Waals surface area contributed by atoms with Crippen LogP contribution in [0.2, 0.25) is 0 Å². The maximum Gasteiger partial charge on any atom is 0.195 e. The summed E-state index contributed by atoms with van der Waals surface area (Å²) in [6.07, 6.45) is 5.91. The van der Waals surface area contributed by atoms with Crippen molar-refractivity contribution in [3.63, 3.8) is 0 Å². The monoisotopic (exact) mass is 490 g/mol. The van der Waals surface area contributed by atoms with Crippen LogP contribution in [0.15, 0.2) is 72.8 Å². The van der Waals surface area contributed by atoms with Crippen LogP contribution in [0.4, 0.5) is 22.0 Å². The molecule has 0 unspecified atom stereocenters. The lowest BCUT2D eigenvalue weighted by Crippen LogP contribution is -2.01. The van der Waals surface area contributed by atoms with Crippen molar-refractivity contribution in [3.8, 4) is 11.8 Å². The molecule has 0 saturated heterocycles. The Balaban J connectivity index is 1.43. The van der Waals surface area contributed by atoms with E-state index in [0.29, 0.717) is 29.5 Å². The highest BCUT2D eigenvalue weighted by Gasteiger charge is 2.13. The van der Waals surface area contributed by atoms with Gasteiger partial charge >= 0.3 is 0 Å². The molecule has 0 nitrogen and oxygen atoms in total. The van der Waals surface area contributed by atoms with E-state index in [1.165, 1.54) is 24.3 Å². The van der Waals surface area contributed by atoms with Crippen molar-refractivity contribution in [1.82, 2.24) is 0 Å². The van der Waals surface area contributed by atoms with Gasteiger partial charge in [-0.05, 0) is 91.6 Å². The van der Waals surface area contributed by atoms with E-state index in [0.717, 1.165) is 18.1 Å². The fourth-order valence-corrected chi connectivity index (χ4v) is 4.01. The Morgan fingerprint density at radius 3 is 2.00 bits per heavy atom. The maximum atomic E-state index is 14.5. The van der Waals surface area contributed by atoms with Crippen LogP contribution in [0.5, 0.6) is 0 Å². The van der Waals surface area contributed by atoms with Crippen LogP contribution in [0.1, 0.15) is 41.2 Å². The van der Waals surface area contributed by atoms with Gasteiger partial charge in [0, 0.05) is 22.1 Å². The van der Waals surface area contributed by atoms with Gasteiger partial charge in [-0.3, -0.25) is 0 Å². The zero-order chi connectivity index (χ0) is 25.7. The highest BCUT2D eigenvalue weighted by atomic mass is 19.2. The minimum atomic E-state index is -1.50. The number of rotatable bonds is 6.